The molecular weight excluding hydrogens is 340 g/mol. The summed E-state index contributed by atoms with van der Waals surface area (Å²) in [6.07, 6.45) is 7.46. The number of fused-ring (bicyclic) bond motifs is 1. The van der Waals surface area contributed by atoms with Crippen LogP contribution >= 0.6 is 12.4 Å². The maximum absolute atomic E-state index is 12.9. The minimum absolute atomic E-state index is 0. The van der Waals surface area contributed by atoms with E-state index in [9.17, 15) is 4.79 Å². The number of rotatable bonds is 2. The minimum Gasteiger partial charge on any atom is -0.373 e. The Morgan fingerprint density at radius 1 is 1.40 bits per heavy atom. The van der Waals surface area contributed by atoms with E-state index in [1.807, 2.05) is 25.3 Å². The van der Waals surface area contributed by atoms with Crippen LogP contribution in [0.15, 0.2) is 24.5 Å². The minimum atomic E-state index is -0.210. The number of nitrogens with one attached hydrogen (secondary N) is 2. The Bertz CT molecular complexity index is 746. The number of amides is 1. The lowest BCUT2D eigenvalue weighted by Gasteiger charge is -2.46. The van der Waals surface area contributed by atoms with Gasteiger partial charge in [0.1, 0.15) is 0 Å². The fraction of sp³-hybridized carbons (Fsp3) is 0.556. The Balaban J connectivity index is 0.00000182. The second kappa shape index (κ2) is 7.32. The number of carbonyl (C=O) groups is 1. The zero-order valence-corrected chi connectivity index (χ0v) is 15.3. The number of aryl methyl sites for hydroxylation is 1. The van der Waals surface area contributed by atoms with Crippen LogP contribution in [0.4, 0.5) is 0 Å². The van der Waals surface area contributed by atoms with Crippen LogP contribution in [0.5, 0.6) is 0 Å². The molecule has 2 saturated heterocycles. The summed E-state index contributed by atoms with van der Waals surface area (Å²) in [5.41, 5.74) is 2.38. The first-order valence-corrected chi connectivity index (χ1v) is 8.77. The number of nitrogens with zero attached hydrogens (tertiary/aromatic N) is 2. The number of ether oxygens (including phenoxy) is 1. The van der Waals surface area contributed by atoms with E-state index in [0.29, 0.717) is 5.56 Å². The van der Waals surface area contributed by atoms with Gasteiger partial charge >= 0.3 is 0 Å². The van der Waals surface area contributed by atoms with Crippen molar-refractivity contribution in [1.82, 2.24) is 20.2 Å². The molecule has 1 amide bonds. The molecule has 2 aliphatic heterocycles. The first kappa shape index (κ1) is 18.2. The Labute approximate surface area is 153 Å². The molecule has 2 N–H and O–H groups in total. The van der Waals surface area contributed by atoms with Crippen molar-refractivity contribution < 1.29 is 9.53 Å². The highest BCUT2D eigenvalue weighted by atomic mass is 35.5. The van der Waals surface area contributed by atoms with E-state index in [0.717, 1.165) is 56.5 Å². The lowest BCUT2D eigenvalue weighted by atomic mass is 9.80. The van der Waals surface area contributed by atoms with Gasteiger partial charge in [-0.3, -0.25) is 4.79 Å². The SMILES string of the molecule is Cc1ccc2c(C(=O)NC3CCCOC34CCNCC4)cnn2c1.Cl. The maximum atomic E-state index is 12.9. The van der Waals surface area contributed by atoms with Gasteiger partial charge in [-0.1, -0.05) is 6.07 Å². The molecule has 0 bridgehead atoms. The normalized spacial score (nSPS) is 22.5. The molecule has 0 aromatic carbocycles. The van der Waals surface area contributed by atoms with E-state index in [1.165, 1.54) is 0 Å². The number of hydrogen-bond donors (Lipinski definition) is 2. The molecule has 2 aliphatic rings. The van der Waals surface area contributed by atoms with Crippen LogP contribution in [0.3, 0.4) is 0 Å². The van der Waals surface area contributed by atoms with Crippen molar-refractivity contribution >= 4 is 23.8 Å². The zero-order valence-electron chi connectivity index (χ0n) is 14.5. The summed E-state index contributed by atoms with van der Waals surface area (Å²) in [5.74, 6) is -0.0535. The highest BCUT2D eigenvalue weighted by Crippen LogP contribution is 2.33. The zero-order chi connectivity index (χ0) is 16.6. The number of aromatic nitrogens is 2. The lowest BCUT2D eigenvalue weighted by Crippen LogP contribution is -2.60. The molecule has 0 aliphatic carbocycles. The molecule has 0 saturated carbocycles. The van der Waals surface area contributed by atoms with Gasteiger partial charge in [0, 0.05) is 12.8 Å². The molecule has 1 spiro atoms. The van der Waals surface area contributed by atoms with Gasteiger partial charge in [-0.05, 0) is 57.3 Å². The second-order valence-corrected chi connectivity index (χ2v) is 6.93. The Hall–Kier alpha value is -1.63. The topological polar surface area (TPSA) is 67.7 Å². The van der Waals surface area contributed by atoms with Gasteiger partial charge in [-0.15, -0.1) is 12.4 Å². The summed E-state index contributed by atoms with van der Waals surface area (Å²) < 4.78 is 7.93. The van der Waals surface area contributed by atoms with Crippen LogP contribution in [0.1, 0.15) is 41.6 Å². The fourth-order valence-electron chi connectivity index (χ4n) is 3.97. The van der Waals surface area contributed by atoms with Crippen LogP contribution in [-0.2, 0) is 4.74 Å². The van der Waals surface area contributed by atoms with Crippen molar-refractivity contribution in [3.63, 3.8) is 0 Å². The van der Waals surface area contributed by atoms with Crippen molar-refractivity contribution in [1.29, 1.82) is 0 Å². The average Bonchev–Trinajstić information content (AvgIpc) is 3.01. The number of halogens is 1. The molecule has 2 fully saturated rings. The lowest BCUT2D eigenvalue weighted by molar-refractivity contribution is -0.114. The summed E-state index contributed by atoms with van der Waals surface area (Å²) in [6.45, 7) is 4.70. The van der Waals surface area contributed by atoms with Crippen LogP contribution in [0.25, 0.3) is 5.52 Å². The average molecular weight is 365 g/mol. The predicted octanol–water partition coefficient (Wildman–Crippen LogP) is 2.10. The monoisotopic (exact) mass is 364 g/mol. The standard InChI is InChI=1S/C18H24N4O2.ClH/c1-13-4-5-15-14(11-20-22(15)12-13)17(23)21-16-3-2-10-24-18(16)6-8-19-9-7-18;/h4-5,11-12,16,19H,2-3,6-10H2,1H3,(H,21,23);1H. The van der Waals surface area contributed by atoms with E-state index in [-0.39, 0.29) is 30.0 Å². The third-order valence-corrected chi connectivity index (χ3v) is 5.33. The quantitative estimate of drug-likeness (QED) is 0.856. The summed E-state index contributed by atoms with van der Waals surface area (Å²) in [4.78, 5) is 12.9. The van der Waals surface area contributed by atoms with E-state index in [2.05, 4.69) is 15.7 Å². The van der Waals surface area contributed by atoms with Crippen molar-refractivity contribution in [2.75, 3.05) is 19.7 Å². The van der Waals surface area contributed by atoms with E-state index in [4.69, 9.17) is 4.74 Å². The second-order valence-electron chi connectivity index (χ2n) is 6.93. The largest absolute Gasteiger partial charge is 0.373 e. The van der Waals surface area contributed by atoms with Crippen LogP contribution in [0, 0.1) is 6.92 Å². The van der Waals surface area contributed by atoms with Crippen LogP contribution < -0.4 is 10.6 Å². The third kappa shape index (κ3) is 3.38. The number of carbonyl (C=O) groups excluding carboxylic acids is 1. The molecule has 6 nitrogen and oxygen atoms in total. The molecule has 25 heavy (non-hydrogen) atoms. The van der Waals surface area contributed by atoms with E-state index < -0.39 is 0 Å². The Kier molecular flexibility index (Phi) is 5.32. The van der Waals surface area contributed by atoms with Gasteiger partial charge in [0.25, 0.3) is 5.91 Å². The number of hydrogen-bond acceptors (Lipinski definition) is 4. The molecule has 4 heterocycles. The summed E-state index contributed by atoms with van der Waals surface area (Å²) >= 11 is 0. The Morgan fingerprint density at radius 3 is 3.00 bits per heavy atom. The van der Waals surface area contributed by atoms with Crippen LogP contribution in [-0.4, -0.2) is 46.9 Å². The van der Waals surface area contributed by atoms with Gasteiger partial charge in [0.15, 0.2) is 0 Å². The van der Waals surface area contributed by atoms with Crippen molar-refractivity contribution in [2.24, 2.45) is 0 Å². The predicted molar refractivity (Wildman–Crippen MR) is 98.5 cm³/mol. The number of piperidine rings is 1. The van der Waals surface area contributed by atoms with Crippen molar-refractivity contribution in [2.45, 2.75) is 44.2 Å². The molecule has 7 heteroatoms. The van der Waals surface area contributed by atoms with E-state index >= 15 is 0 Å². The third-order valence-electron chi connectivity index (χ3n) is 5.33. The highest BCUT2D eigenvalue weighted by molar-refractivity contribution is 6.00. The van der Waals surface area contributed by atoms with Crippen LogP contribution in [0.2, 0.25) is 0 Å². The molecule has 1 atom stereocenters. The molecule has 0 radical (unpaired) electrons. The number of pyridine rings is 1. The fourth-order valence-corrected chi connectivity index (χ4v) is 3.97. The van der Waals surface area contributed by atoms with Gasteiger partial charge in [-0.2, -0.15) is 5.10 Å². The van der Waals surface area contributed by atoms with Crippen molar-refractivity contribution in [3.8, 4) is 0 Å². The molecule has 4 rings (SSSR count). The van der Waals surface area contributed by atoms with Gasteiger partial charge in [0.05, 0.1) is 28.9 Å². The van der Waals surface area contributed by atoms with E-state index in [1.54, 1.807) is 10.7 Å². The highest BCUT2D eigenvalue weighted by Gasteiger charge is 2.43. The maximum Gasteiger partial charge on any atom is 0.255 e. The van der Waals surface area contributed by atoms with Gasteiger partial charge < -0.3 is 15.4 Å². The summed E-state index contributed by atoms with van der Waals surface area (Å²) in [7, 11) is 0. The summed E-state index contributed by atoms with van der Waals surface area (Å²) in [5, 5.41) is 10.9. The molecule has 2 aromatic heterocycles. The van der Waals surface area contributed by atoms with Gasteiger partial charge in [-0.25, -0.2) is 4.52 Å². The van der Waals surface area contributed by atoms with Crippen molar-refractivity contribution in [3.05, 3.63) is 35.7 Å². The first-order valence-electron chi connectivity index (χ1n) is 8.77. The van der Waals surface area contributed by atoms with Gasteiger partial charge in [0.2, 0.25) is 0 Å². The molecular formula is C18H25ClN4O2. The smallest absolute Gasteiger partial charge is 0.255 e. The first-order chi connectivity index (χ1) is 11.7. The molecule has 136 valence electrons. The molecule has 2 aromatic rings. The molecule has 1 unspecified atom stereocenters. The Morgan fingerprint density at radius 2 is 2.20 bits per heavy atom. The summed E-state index contributed by atoms with van der Waals surface area (Å²) in [6, 6.07) is 4.03.